The molecule has 2 saturated carbocycles. The molecule has 12 heteroatoms. The van der Waals surface area contributed by atoms with Crippen LogP contribution in [0.1, 0.15) is 69.9 Å². The molecule has 1 aromatic heterocycles. The van der Waals surface area contributed by atoms with E-state index in [4.69, 9.17) is 11.5 Å². The molecule has 2 heterocycles. The van der Waals surface area contributed by atoms with E-state index in [-0.39, 0.29) is 30.2 Å². The standard InChI is InChI=1S/C33H48N8O3.ClH/c1-33(2,35)30(42)38-15-17-39(18-16-38)31(43)36-29-13-14-40(32(44)37-29)27-9-5-24-20-28(10-6-23(24)19-27)41(21-22-3-4-22)26-11-7-25(34)8-12-26;/h5,9,13-14,19,22,25-26,28H,3-4,6-8,10-12,15-18,20-21,34-35H2,1-2H3,(H,36,37,43,44);1H/t25-,26-,28?;. The first-order chi connectivity index (χ1) is 21.0. The summed E-state index contributed by atoms with van der Waals surface area (Å²) in [5, 5.41) is 2.74. The Hall–Kier alpha value is -2.99. The first kappa shape index (κ1) is 33.4. The highest BCUT2D eigenvalue weighted by Crippen LogP contribution is 2.36. The molecule has 3 amide bonds. The number of piperazine rings is 1. The molecular formula is C33H49ClN8O3. The number of rotatable bonds is 7. The molecule has 4 aliphatic rings. The van der Waals surface area contributed by atoms with Gasteiger partial charge in [-0.3, -0.25) is 19.6 Å². The molecular weight excluding hydrogens is 592 g/mol. The van der Waals surface area contributed by atoms with E-state index < -0.39 is 11.2 Å². The van der Waals surface area contributed by atoms with Gasteiger partial charge in [0.25, 0.3) is 0 Å². The topological polar surface area (TPSA) is 143 Å². The molecule has 0 spiro atoms. The minimum absolute atomic E-state index is 0. The Kier molecular flexibility index (Phi) is 10.2. The van der Waals surface area contributed by atoms with Gasteiger partial charge in [0.15, 0.2) is 0 Å². The number of hydrogen-bond donors (Lipinski definition) is 3. The molecule has 1 atom stereocenters. The molecule has 6 rings (SSSR count). The number of urea groups is 1. The SMILES string of the molecule is CC(C)(N)C(=O)N1CCN(C(=O)Nc2ccn(-c3ccc4c(c3)CCC(N(CC3CC3)[C@H]3CC[C@H](N)CC3)C4)c(=O)n2)CC1.Cl. The van der Waals surface area contributed by atoms with Crippen LogP contribution in [0.15, 0.2) is 35.3 Å². The zero-order chi connectivity index (χ0) is 31.0. The van der Waals surface area contributed by atoms with E-state index >= 15 is 0 Å². The number of aryl methyl sites for hydroxylation is 1. The molecule has 0 bridgehead atoms. The minimum atomic E-state index is -0.945. The molecule has 1 aliphatic heterocycles. The van der Waals surface area contributed by atoms with Gasteiger partial charge in [0.2, 0.25) is 5.91 Å². The van der Waals surface area contributed by atoms with Gasteiger partial charge in [-0.1, -0.05) is 6.07 Å². The smallest absolute Gasteiger partial charge is 0.338 e. The normalized spacial score (nSPS) is 23.7. The lowest BCUT2D eigenvalue weighted by Crippen LogP contribution is -2.58. The second-order valence-corrected chi connectivity index (χ2v) is 14.0. The molecule has 1 saturated heterocycles. The Bertz CT molecular complexity index is 1420. The van der Waals surface area contributed by atoms with Gasteiger partial charge in [0.1, 0.15) is 5.82 Å². The number of aromatic nitrogens is 2. The number of carbonyl (C=O) groups excluding carboxylic acids is 2. The maximum absolute atomic E-state index is 13.0. The van der Waals surface area contributed by atoms with Gasteiger partial charge in [-0.15, -0.1) is 12.4 Å². The number of halogens is 1. The Morgan fingerprint density at radius 2 is 1.64 bits per heavy atom. The van der Waals surface area contributed by atoms with Gasteiger partial charge < -0.3 is 21.3 Å². The van der Waals surface area contributed by atoms with Crippen LogP contribution in [-0.2, 0) is 17.6 Å². The Balaban J connectivity index is 0.00000400. The maximum atomic E-state index is 13.0. The molecule has 1 aromatic carbocycles. The zero-order valence-corrected chi connectivity index (χ0v) is 27.4. The number of nitrogens with zero attached hydrogens (tertiary/aromatic N) is 5. The van der Waals surface area contributed by atoms with Crippen molar-refractivity contribution in [2.45, 2.75) is 95.3 Å². The van der Waals surface area contributed by atoms with E-state index in [0.29, 0.717) is 44.3 Å². The summed E-state index contributed by atoms with van der Waals surface area (Å²) in [7, 11) is 0. The van der Waals surface area contributed by atoms with E-state index in [9.17, 15) is 14.4 Å². The lowest BCUT2D eigenvalue weighted by atomic mass is 9.84. The predicted molar refractivity (Wildman–Crippen MR) is 178 cm³/mol. The molecule has 3 aliphatic carbocycles. The average molecular weight is 641 g/mol. The maximum Gasteiger partial charge on any atom is 0.354 e. The van der Waals surface area contributed by atoms with E-state index in [0.717, 1.165) is 43.7 Å². The monoisotopic (exact) mass is 640 g/mol. The summed E-state index contributed by atoms with van der Waals surface area (Å²) < 4.78 is 1.53. The quantitative estimate of drug-likeness (QED) is 0.422. The Morgan fingerprint density at radius 1 is 0.956 bits per heavy atom. The predicted octanol–water partition coefficient (Wildman–Crippen LogP) is 2.91. The molecule has 1 unspecified atom stereocenters. The van der Waals surface area contributed by atoms with Crippen LogP contribution in [0.25, 0.3) is 5.69 Å². The fraction of sp³-hybridized carbons (Fsp3) is 0.636. The van der Waals surface area contributed by atoms with Gasteiger partial charge in [-0.05, 0) is 107 Å². The van der Waals surface area contributed by atoms with Gasteiger partial charge in [-0.25, -0.2) is 9.59 Å². The molecule has 246 valence electrons. The lowest BCUT2D eigenvalue weighted by molar-refractivity contribution is -0.137. The van der Waals surface area contributed by atoms with Crippen molar-refractivity contribution >= 4 is 30.2 Å². The Morgan fingerprint density at radius 3 is 2.29 bits per heavy atom. The molecule has 45 heavy (non-hydrogen) atoms. The average Bonchev–Trinajstić information content (AvgIpc) is 3.84. The number of fused-ring (bicyclic) bond motifs is 1. The summed E-state index contributed by atoms with van der Waals surface area (Å²) >= 11 is 0. The Labute approximate surface area is 272 Å². The van der Waals surface area contributed by atoms with Crippen LogP contribution < -0.4 is 22.5 Å². The largest absolute Gasteiger partial charge is 0.354 e. The molecule has 11 nitrogen and oxygen atoms in total. The summed E-state index contributed by atoms with van der Waals surface area (Å²) in [6, 6.07) is 9.21. The van der Waals surface area contributed by atoms with Gasteiger partial charge in [-0.2, -0.15) is 4.98 Å². The summed E-state index contributed by atoms with van der Waals surface area (Å²) in [6.07, 6.45) is 12.3. The first-order valence-electron chi connectivity index (χ1n) is 16.4. The van der Waals surface area contributed by atoms with Crippen molar-refractivity contribution < 1.29 is 9.59 Å². The second kappa shape index (κ2) is 13.8. The van der Waals surface area contributed by atoms with Crippen LogP contribution >= 0.6 is 12.4 Å². The number of carbonyl (C=O) groups is 2. The van der Waals surface area contributed by atoms with Crippen LogP contribution in [0.5, 0.6) is 0 Å². The number of nitrogens with one attached hydrogen (secondary N) is 1. The minimum Gasteiger partial charge on any atom is -0.338 e. The molecule has 2 aromatic rings. The number of amides is 3. The summed E-state index contributed by atoms with van der Waals surface area (Å²) in [4.78, 5) is 48.6. The third kappa shape index (κ3) is 7.88. The third-order valence-electron chi connectivity index (χ3n) is 9.96. The molecule has 3 fully saturated rings. The van der Waals surface area contributed by atoms with Crippen LogP contribution in [0.4, 0.5) is 10.6 Å². The van der Waals surface area contributed by atoms with Crippen LogP contribution in [0.3, 0.4) is 0 Å². The second-order valence-electron chi connectivity index (χ2n) is 14.0. The van der Waals surface area contributed by atoms with E-state index in [1.54, 1.807) is 35.9 Å². The fourth-order valence-corrected chi connectivity index (χ4v) is 7.16. The summed E-state index contributed by atoms with van der Waals surface area (Å²) in [5.41, 5.74) is 14.2. The van der Waals surface area contributed by atoms with E-state index in [1.807, 2.05) is 6.07 Å². The van der Waals surface area contributed by atoms with Crippen molar-refractivity contribution in [3.05, 3.63) is 52.1 Å². The van der Waals surface area contributed by atoms with Gasteiger partial charge in [0.05, 0.1) is 11.2 Å². The summed E-state index contributed by atoms with van der Waals surface area (Å²) in [6.45, 7) is 6.18. The number of hydrogen-bond acceptors (Lipinski definition) is 7. The van der Waals surface area contributed by atoms with Crippen molar-refractivity contribution in [1.82, 2.24) is 24.3 Å². The van der Waals surface area contributed by atoms with Crippen molar-refractivity contribution in [2.75, 3.05) is 38.0 Å². The van der Waals surface area contributed by atoms with Crippen molar-refractivity contribution in [3.63, 3.8) is 0 Å². The lowest BCUT2D eigenvalue weighted by Gasteiger charge is -2.43. The zero-order valence-electron chi connectivity index (χ0n) is 26.6. The highest BCUT2D eigenvalue weighted by atomic mass is 35.5. The van der Waals surface area contributed by atoms with Crippen molar-refractivity contribution in [3.8, 4) is 5.69 Å². The van der Waals surface area contributed by atoms with Gasteiger partial charge in [0, 0.05) is 57.0 Å². The number of benzene rings is 1. The molecule has 0 radical (unpaired) electrons. The van der Waals surface area contributed by atoms with Crippen molar-refractivity contribution in [1.29, 1.82) is 0 Å². The number of nitrogens with two attached hydrogens (primary N) is 2. The first-order valence-corrected chi connectivity index (χ1v) is 16.4. The van der Waals surface area contributed by atoms with Gasteiger partial charge >= 0.3 is 11.7 Å². The highest BCUT2D eigenvalue weighted by molar-refractivity contribution is 5.89. The van der Waals surface area contributed by atoms with Crippen LogP contribution in [0, 0.1) is 5.92 Å². The molecule has 5 N–H and O–H groups in total. The van der Waals surface area contributed by atoms with E-state index in [2.05, 4.69) is 27.3 Å². The van der Waals surface area contributed by atoms with Crippen LogP contribution in [-0.4, -0.2) is 92.6 Å². The van der Waals surface area contributed by atoms with Crippen LogP contribution in [0.2, 0.25) is 0 Å². The number of anilines is 1. The van der Waals surface area contributed by atoms with Crippen molar-refractivity contribution in [2.24, 2.45) is 17.4 Å². The summed E-state index contributed by atoms with van der Waals surface area (Å²) in [5.74, 6) is 0.940. The third-order valence-corrected chi connectivity index (χ3v) is 9.96. The fourth-order valence-electron chi connectivity index (χ4n) is 7.16. The highest BCUT2D eigenvalue weighted by Gasteiger charge is 2.36. The van der Waals surface area contributed by atoms with E-state index in [1.165, 1.54) is 47.9 Å².